The molecule has 0 aromatic heterocycles. The summed E-state index contributed by atoms with van der Waals surface area (Å²) >= 11 is 1.47. The van der Waals surface area contributed by atoms with Crippen LogP contribution in [0.5, 0.6) is 0 Å². The molecule has 0 fully saturated rings. The minimum absolute atomic E-state index is 0.332. The number of carbonyl (C=O) groups excluding carboxylic acids is 1. The number of hydrogen-bond acceptors (Lipinski definition) is 4. The van der Waals surface area contributed by atoms with Crippen molar-refractivity contribution in [1.82, 2.24) is 5.43 Å². The maximum atomic E-state index is 13.8. The molecule has 2 rings (SSSR count). The minimum atomic E-state index is -0.443. The van der Waals surface area contributed by atoms with Gasteiger partial charge in [-0.25, -0.2) is 10.2 Å². The summed E-state index contributed by atoms with van der Waals surface area (Å²) in [7, 11) is 0. The number of thioether (sulfide) groups is 1. The Kier molecular flexibility index (Phi) is 4.82. The molecule has 0 saturated carbocycles. The van der Waals surface area contributed by atoms with Gasteiger partial charge in [0.15, 0.2) is 0 Å². The van der Waals surface area contributed by atoms with E-state index in [4.69, 9.17) is 11.6 Å². The third-order valence-electron chi connectivity index (χ3n) is 3.15. The second kappa shape index (κ2) is 6.60. The average molecular weight is 305 g/mol. The number of nitrogen functional groups attached to an aromatic ring is 2. The normalized spacial score (nSPS) is 10.4. The molecule has 2 aromatic carbocycles. The number of nitrogens with two attached hydrogens (primary N) is 2. The fourth-order valence-corrected chi connectivity index (χ4v) is 2.89. The van der Waals surface area contributed by atoms with Crippen molar-refractivity contribution in [2.75, 3.05) is 5.73 Å². The van der Waals surface area contributed by atoms with Crippen LogP contribution in [0.3, 0.4) is 0 Å². The van der Waals surface area contributed by atoms with Crippen LogP contribution in [0.15, 0.2) is 41.3 Å². The predicted molar refractivity (Wildman–Crippen MR) is 83.2 cm³/mol. The molecule has 2 aromatic rings. The van der Waals surface area contributed by atoms with Crippen molar-refractivity contribution < 1.29 is 9.18 Å². The van der Waals surface area contributed by atoms with Crippen molar-refractivity contribution >= 4 is 23.4 Å². The van der Waals surface area contributed by atoms with Gasteiger partial charge in [0, 0.05) is 21.9 Å². The van der Waals surface area contributed by atoms with E-state index in [0.717, 1.165) is 10.5 Å². The maximum Gasteiger partial charge on any atom is 0.265 e. The second-order valence-electron chi connectivity index (χ2n) is 4.54. The van der Waals surface area contributed by atoms with Gasteiger partial charge in [0.1, 0.15) is 5.82 Å². The number of hydrazine groups is 1. The van der Waals surface area contributed by atoms with E-state index in [9.17, 15) is 9.18 Å². The van der Waals surface area contributed by atoms with Crippen molar-refractivity contribution in [2.45, 2.75) is 17.6 Å². The summed E-state index contributed by atoms with van der Waals surface area (Å²) in [6.07, 6.45) is 0. The van der Waals surface area contributed by atoms with Gasteiger partial charge < -0.3 is 5.73 Å². The van der Waals surface area contributed by atoms with Crippen LogP contribution in [0.4, 0.5) is 10.1 Å². The molecule has 0 unspecified atom stereocenters. The monoisotopic (exact) mass is 305 g/mol. The number of carbonyl (C=O) groups is 1. The van der Waals surface area contributed by atoms with Gasteiger partial charge in [0.2, 0.25) is 0 Å². The summed E-state index contributed by atoms with van der Waals surface area (Å²) in [5, 5.41) is 0. The summed E-state index contributed by atoms with van der Waals surface area (Å²) in [6, 6.07) is 9.80. The molecular weight excluding hydrogens is 289 g/mol. The van der Waals surface area contributed by atoms with Crippen molar-refractivity contribution in [2.24, 2.45) is 5.84 Å². The third kappa shape index (κ3) is 3.53. The Balaban J connectivity index is 2.19. The Morgan fingerprint density at radius 3 is 2.81 bits per heavy atom. The molecule has 0 aliphatic carbocycles. The summed E-state index contributed by atoms with van der Waals surface area (Å²) in [4.78, 5) is 12.5. The zero-order valence-electron chi connectivity index (χ0n) is 11.5. The van der Waals surface area contributed by atoms with Crippen molar-refractivity contribution in [3.8, 4) is 0 Å². The quantitative estimate of drug-likeness (QED) is 0.267. The van der Waals surface area contributed by atoms with Crippen LogP contribution < -0.4 is 17.0 Å². The second-order valence-corrected chi connectivity index (χ2v) is 5.56. The molecule has 0 aliphatic heterocycles. The number of amides is 1. The molecule has 4 nitrogen and oxygen atoms in total. The third-order valence-corrected chi connectivity index (χ3v) is 4.36. The van der Waals surface area contributed by atoms with Gasteiger partial charge in [-0.3, -0.25) is 10.2 Å². The van der Waals surface area contributed by atoms with E-state index >= 15 is 0 Å². The molecular formula is C15H16FN3OS. The Labute approximate surface area is 126 Å². The van der Waals surface area contributed by atoms with Crippen LogP contribution in [0.1, 0.15) is 21.5 Å². The molecule has 0 atom stereocenters. The molecule has 21 heavy (non-hydrogen) atoms. The summed E-state index contributed by atoms with van der Waals surface area (Å²) in [5.74, 6) is 4.69. The molecule has 110 valence electrons. The molecule has 0 radical (unpaired) electrons. The highest BCUT2D eigenvalue weighted by Gasteiger charge is 2.10. The topological polar surface area (TPSA) is 81.1 Å². The van der Waals surface area contributed by atoms with E-state index in [-0.39, 0.29) is 5.82 Å². The molecule has 5 N–H and O–H groups in total. The van der Waals surface area contributed by atoms with Crippen molar-refractivity contribution in [3.05, 3.63) is 58.9 Å². The minimum Gasteiger partial charge on any atom is -0.398 e. The number of anilines is 1. The van der Waals surface area contributed by atoms with Crippen LogP contribution >= 0.6 is 11.8 Å². The fourth-order valence-electron chi connectivity index (χ4n) is 1.85. The highest BCUT2D eigenvalue weighted by molar-refractivity contribution is 7.98. The van der Waals surface area contributed by atoms with Gasteiger partial charge in [0.05, 0.1) is 0 Å². The fraction of sp³-hybridized carbons (Fsp3) is 0.133. The molecule has 0 saturated heterocycles. The Hall–Kier alpha value is -2.05. The number of rotatable bonds is 4. The van der Waals surface area contributed by atoms with E-state index in [1.807, 2.05) is 30.5 Å². The standard InChI is InChI=1S/C15H16FN3OS/c1-9-13(17)3-2-4-14(9)21-8-11-7-10(15(20)19-18)5-6-12(11)16/h2-7H,8,17-18H2,1H3,(H,19,20). The molecule has 1 amide bonds. The smallest absolute Gasteiger partial charge is 0.265 e. The lowest BCUT2D eigenvalue weighted by Gasteiger charge is -2.09. The first kappa shape index (κ1) is 15.3. The zero-order chi connectivity index (χ0) is 15.4. The van der Waals surface area contributed by atoms with Gasteiger partial charge in [0.25, 0.3) is 5.91 Å². The SMILES string of the molecule is Cc1c(N)cccc1SCc1cc(C(=O)NN)ccc1F. The molecule has 0 heterocycles. The van der Waals surface area contributed by atoms with Gasteiger partial charge in [-0.05, 0) is 48.4 Å². The Morgan fingerprint density at radius 1 is 1.33 bits per heavy atom. The molecule has 0 spiro atoms. The number of hydrogen-bond donors (Lipinski definition) is 3. The first-order valence-corrected chi connectivity index (χ1v) is 7.28. The Bertz CT molecular complexity index is 676. The van der Waals surface area contributed by atoms with E-state index in [1.54, 1.807) is 0 Å². The maximum absolute atomic E-state index is 13.8. The average Bonchev–Trinajstić information content (AvgIpc) is 2.49. The lowest BCUT2D eigenvalue weighted by Crippen LogP contribution is -2.30. The van der Waals surface area contributed by atoms with Gasteiger partial charge >= 0.3 is 0 Å². The highest BCUT2D eigenvalue weighted by Crippen LogP contribution is 2.29. The molecule has 0 bridgehead atoms. The lowest BCUT2D eigenvalue weighted by molar-refractivity contribution is 0.0953. The number of nitrogens with one attached hydrogen (secondary N) is 1. The van der Waals surface area contributed by atoms with Crippen LogP contribution in [0.2, 0.25) is 0 Å². The first-order valence-electron chi connectivity index (χ1n) is 6.30. The zero-order valence-corrected chi connectivity index (χ0v) is 12.3. The van der Waals surface area contributed by atoms with Gasteiger partial charge in [-0.2, -0.15) is 0 Å². The van der Waals surface area contributed by atoms with Gasteiger partial charge in [-0.15, -0.1) is 11.8 Å². The van der Waals surface area contributed by atoms with E-state index in [1.165, 1.54) is 30.0 Å². The number of benzene rings is 2. The van der Waals surface area contributed by atoms with Crippen LogP contribution in [0.25, 0.3) is 0 Å². The molecule has 0 aliphatic rings. The largest absolute Gasteiger partial charge is 0.398 e. The van der Waals surface area contributed by atoms with Crippen LogP contribution in [-0.4, -0.2) is 5.91 Å². The Morgan fingerprint density at radius 2 is 2.10 bits per heavy atom. The summed E-state index contributed by atoms with van der Waals surface area (Å²) < 4.78 is 13.8. The van der Waals surface area contributed by atoms with Crippen molar-refractivity contribution in [1.29, 1.82) is 0 Å². The number of halogens is 1. The van der Waals surface area contributed by atoms with Crippen LogP contribution in [-0.2, 0) is 5.75 Å². The van der Waals surface area contributed by atoms with E-state index in [2.05, 4.69) is 0 Å². The van der Waals surface area contributed by atoms with E-state index in [0.29, 0.717) is 22.6 Å². The molecule has 6 heteroatoms. The lowest BCUT2D eigenvalue weighted by atomic mass is 10.1. The summed E-state index contributed by atoms with van der Waals surface area (Å²) in [6.45, 7) is 1.92. The predicted octanol–water partition coefficient (Wildman–Crippen LogP) is 2.61. The highest BCUT2D eigenvalue weighted by atomic mass is 32.2. The van der Waals surface area contributed by atoms with Gasteiger partial charge in [-0.1, -0.05) is 6.07 Å². The van der Waals surface area contributed by atoms with E-state index < -0.39 is 5.91 Å². The van der Waals surface area contributed by atoms with Crippen molar-refractivity contribution in [3.63, 3.8) is 0 Å². The summed E-state index contributed by atoms with van der Waals surface area (Å²) in [5.41, 5.74) is 10.3. The van der Waals surface area contributed by atoms with Crippen LogP contribution in [0, 0.1) is 12.7 Å². The first-order chi connectivity index (χ1) is 10.0.